The molecule has 0 aliphatic carbocycles. The van der Waals surface area contributed by atoms with Crippen LogP contribution in [0, 0.1) is 11.8 Å². The monoisotopic (exact) mass is 499 g/mol. The first-order valence-corrected chi connectivity index (χ1v) is 12.3. The van der Waals surface area contributed by atoms with E-state index in [4.69, 9.17) is 4.74 Å². The molecular formula is C29H32F3NO3. The van der Waals surface area contributed by atoms with E-state index < -0.39 is 12.0 Å². The second kappa shape index (κ2) is 11.4. The van der Waals surface area contributed by atoms with E-state index >= 15 is 0 Å². The summed E-state index contributed by atoms with van der Waals surface area (Å²) in [5, 5.41) is 12.0. The van der Waals surface area contributed by atoms with Crippen LogP contribution in [-0.4, -0.2) is 42.6 Å². The van der Waals surface area contributed by atoms with Gasteiger partial charge in [0.1, 0.15) is 17.1 Å². The zero-order chi connectivity index (χ0) is 25.6. The van der Waals surface area contributed by atoms with Crippen molar-refractivity contribution in [3.63, 3.8) is 0 Å². The van der Waals surface area contributed by atoms with Crippen LogP contribution in [0.1, 0.15) is 30.9 Å². The van der Waals surface area contributed by atoms with Gasteiger partial charge in [-0.25, -0.2) is 0 Å². The molecule has 1 unspecified atom stereocenters. The highest BCUT2D eigenvalue weighted by Gasteiger charge is 2.41. The van der Waals surface area contributed by atoms with Gasteiger partial charge in [0, 0.05) is 12.5 Å². The van der Waals surface area contributed by atoms with Crippen LogP contribution in [-0.2, 0) is 5.60 Å². The molecule has 1 N–H and O–H groups in total. The lowest BCUT2D eigenvalue weighted by Gasteiger charge is -2.42. The van der Waals surface area contributed by atoms with Crippen molar-refractivity contribution in [1.29, 1.82) is 0 Å². The Balaban J connectivity index is 1.30. The highest BCUT2D eigenvalue weighted by molar-refractivity contribution is 5.37. The highest BCUT2D eigenvalue weighted by atomic mass is 19.4. The molecule has 0 spiro atoms. The highest BCUT2D eigenvalue weighted by Crippen LogP contribution is 2.42. The van der Waals surface area contributed by atoms with E-state index in [2.05, 4.69) is 16.6 Å². The number of hydrogen-bond acceptors (Lipinski definition) is 4. The van der Waals surface area contributed by atoms with Gasteiger partial charge in [0.15, 0.2) is 0 Å². The first kappa shape index (κ1) is 26.0. The quantitative estimate of drug-likeness (QED) is 0.378. The number of likely N-dealkylation sites (tertiary alicyclic amines) is 1. The number of hydrogen-bond donors (Lipinski definition) is 1. The van der Waals surface area contributed by atoms with Crippen molar-refractivity contribution in [1.82, 2.24) is 4.90 Å². The average Bonchev–Trinajstić information content (AvgIpc) is 2.88. The first-order chi connectivity index (χ1) is 17.2. The second-order valence-electron chi connectivity index (χ2n) is 9.51. The summed E-state index contributed by atoms with van der Waals surface area (Å²) in [5.41, 5.74) is 0.803. The van der Waals surface area contributed by atoms with E-state index in [1.54, 1.807) is 0 Å². The van der Waals surface area contributed by atoms with Gasteiger partial charge < -0.3 is 19.5 Å². The number of piperidine rings is 1. The first-order valence-electron chi connectivity index (χ1n) is 12.3. The Labute approximate surface area is 210 Å². The van der Waals surface area contributed by atoms with Gasteiger partial charge >= 0.3 is 6.36 Å². The Morgan fingerprint density at radius 3 is 1.83 bits per heavy atom. The minimum absolute atomic E-state index is 0.0996. The maximum absolute atomic E-state index is 12.3. The summed E-state index contributed by atoms with van der Waals surface area (Å²) in [4.78, 5) is 2.39. The lowest BCUT2D eigenvalue weighted by molar-refractivity contribution is -0.274. The smallest absolute Gasteiger partial charge is 0.493 e. The van der Waals surface area contributed by atoms with Gasteiger partial charge in [-0.3, -0.25) is 0 Å². The number of halogens is 3. The molecule has 3 aromatic rings. The van der Waals surface area contributed by atoms with E-state index in [-0.39, 0.29) is 17.6 Å². The van der Waals surface area contributed by atoms with Crippen LogP contribution in [0.3, 0.4) is 0 Å². The van der Waals surface area contributed by atoms with Crippen molar-refractivity contribution in [3.05, 3.63) is 96.1 Å². The van der Waals surface area contributed by atoms with E-state index in [0.29, 0.717) is 12.4 Å². The molecule has 3 aromatic carbocycles. The third-order valence-electron chi connectivity index (χ3n) is 6.77. The Morgan fingerprint density at radius 1 is 0.833 bits per heavy atom. The fraction of sp³-hybridized carbons (Fsp3) is 0.379. The van der Waals surface area contributed by atoms with Gasteiger partial charge in [-0.15, -0.1) is 13.2 Å². The molecule has 1 aliphatic heterocycles. The maximum Gasteiger partial charge on any atom is 0.573 e. The van der Waals surface area contributed by atoms with Crippen LogP contribution in [0.5, 0.6) is 11.5 Å². The molecule has 0 aromatic heterocycles. The largest absolute Gasteiger partial charge is 0.573 e. The Hall–Kier alpha value is -3.03. The van der Waals surface area contributed by atoms with E-state index in [9.17, 15) is 18.3 Å². The van der Waals surface area contributed by atoms with Gasteiger partial charge in [0.2, 0.25) is 0 Å². The van der Waals surface area contributed by atoms with Gasteiger partial charge in [-0.1, -0.05) is 67.6 Å². The Morgan fingerprint density at radius 2 is 1.33 bits per heavy atom. The molecule has 0 radical (unpaired) electrons. The maximum atomic E-state index is 12.3. The molecule has 1 aliphatic rings. The normalized spacial score (nSPS) is 16.5. The number of benzene rings is 3. The number of aliphatic hydroxyl groups is 1. The van der Waals surface area contributed by atoms with Gasteiger partial charge in [0.05, 0.1) is 6.61 Å². The van der Waals surface area contributed by atoms with Gasteiger partial charge in [-0.2, -0.15) is 0 Å². The topological polar surface area (TPSA) is 41.9 Å². The number of rotatable bonds is 9. The molecule has 1 saturated heterocycles. The van der Waals surface area contributed by atoms with Gasteiger partial charge in [0.25, 0.3) is 0 Å². The summed E-state index contributed by atoms with van der Waals surface area (Å²) >= 11 is 0. The van der Waals surface area contributed by atoms with Crippen molar-refractivity contribution < 1.29 is 27.8 Å². The molecule has 7 heteroatoms. The molecule has 1 heterocycles. The van der Waals surface area contributed by atoms with Crippen molar-refractivity contribution in [2.24, 2.45) is 11.8 Å². The second-order valence-corrected chi connectivity index (χ2v) is 9.51. The summed E-state index contributed by atoms with van der Waals surface area (Å²) in [5.74, 6) is 0.569. The van der Waals surface area contributed by atoms with Crippen LogP contribution in [0.25, 0.3) is 0 Å². The number of ether oxygens (including phenoxy) is 2. The van der Waals surface area contributed by atoms with E-state index in [0.717, 1.165) is 43.6 Å². The Bertz CT molecular complexity index is 1030. The lowest BCUT2D eigenvalue weighted by Crippen LogP contribution is -2.45. The summed E-state index contributed by atoms with van der Waals surface area (Å²) in [7, 11) is 0. The molecule has 1 atom stereocenters. The molecule has 192 valence electrons. The zero-order valence-corrected chi connectivity index (χ0v) is 20.3. The minimum atomic E-state index is -4.71. The zero-order valence-electron chi connectivity index (χ0n) is 20.3. The standard InChI is InChI=1S/C29H32F3NO3/c1-22(21-35-26-12-14-27(15-13-26)36-29(30,31)32)20-33-18-16-25(17-19-33)28(34,23-8-4-2-5-9-23)24-10-6-3-7-11-24/h2-15,22,25,34H,16-21H2,1H3. The van der Waals surface area contributed by atoms with Crippen LogP contribution in [0.4, 0.5) is 13.2 Å². The molecule has 36 heavy (non-hydrogen) atoms. The third-order valence-corrected chi connectivity index (χ3v) is 6.77. The molecule has 4 nitrogen and oxygen atoms in total. The third kappa shape index (κ3) is 6.59. The summed E-state index contributed by atoms with van der Waals surface area (Å²) < 4.78 is 46.6. The van der Waals surface area contributed by atoms with Crippen LogP contribution in [0.15, 0.2) is 84.9 Å². The van der Waals surface area contributed by atoms with Crippen LogP contribution >= 0.6 is 0 Å². The van der Waals surface area contributed by atoms with Crippen molar-refractivity contribution in [2.45, 2.75) is 31.7 Å². The SMILES string of the molecule is CC(COc1ccc(OC(F)(F)F)cc1)CN1CCC(C(O)(c2ccccc2)c2ccccc2)CC1. The molecule has 0 saturated carbocycles. The summed E-state index contributed by atoms with van der Waals surface area (Å²) in [6, 6.07) is 25.3. The molecule has 4 rings (SSSR count). The Kier molecular flexibility index (Phi) is 8.21. The van der Waals surface area contributed by atoms with Crippen molar-refractivity contribution in [3.8, 4) is 11.5 Å². The van der Waals surface area contributed by atoms with Crippen LogP contribution in [0.2, 0.25) is 0 Å². The van der Waals surface area contributed by atoms with E-state index in [1.807, 2.05) is 60.7 Å². The lowest BCUT2D eigenvalue weighted by atomic mass is 9.72. The molecular weight excluding hydrogens is 467 g/mol. The summed E-state index contributed by atoms with van der Waals surface area (Å²) in [6.07, 6.45) is -2.97. The fourth-order valence-electron chi connectivity index (χ4n) is 5.03. The summed E-state index contributed by atoms with van der Waals surface area (Å²) in [6.45, 7) is 5.15. The van der Waals surface area contributed by atoms with Crippen molar-refractivity contribution >= 4 is 0 Å². The van der Waals surface area contributed by atoms with Crippen LogP contribution < -0.4 is 9.47 Å². The van der Waals surface area contributed by atoms with Crippen molar-refractivity contribution in [2.75, 3.05) is 26.2 Å². The number of nitrogens with zero attached hydrogens (tertiary/aromatic N) is 1. The predicted octanol–water partition coefficient (Wildman–Crippen LogP) is 6.25. The predicted molar refractivity (Wildman–Crippen MR) is 133 cm³/mol. The molecule has 0 bridgehead atoms. The van der Waals surface area contributed by atoms with Gasteiger partial charge in [-0.05, 0) is 67.2 Å². The number of alkyl halides is 3. The fourth-order valence-corrected chi connectivity index (χ4v) is 5.03. The van der Waals surface area contributed by atoms with E-state index in [1.165, 1.54) is 24.3 Å². The minimum Gasteiger partial charge on any atom is -0.493 e. The average molecular weight is 500 g/mol. The molecule has 0 amide bonds. The molecule has 1 fully saturated rings.